The Morgan fingerprint density at radius 1 is 1.15 bits per heavy atom. The number of aromatic nitrogens is 2. The number of anilines is 2. The normalized spacial score (nSPS) is 19.4. The van der Waals surface area contributed by atoms with Crippen LogP contribution >= 0.6 is 0 Å². The van der Waals surface area contributed by atoms with Crippen LogP contribution in [0.3, 0.4) is 0 Å². The molecule has 7 nitrogen and oxygen atoms in total. The maximum absolute atomic E-state index is 13.8. The van der Waals surface area contributed by atoms with E-state index in [0.717, 1.165) is 54.8 Å². The fourth-order valence-corrected chi connectivity index (χ4v) is 5.15. The summed E-state index contributed by atoms with van der Waals surface area (Å²) >= 11 is 0. The Bertz CT molecular complexity index is 1350. The standard InChI is InChI=1S/C28H30F3N6O.Dy/c1-17(19-13-20(28(29,30)31)15-21(32)14-19)34-25-22-16-37(12-8-23(22)35-18(2)36-25)26(38)27(9-10-27)24-7-5-3-4-6-11-33-24;/h3-4,6,11,13-15H,5,7-10,12,16,32H2,1-2H3,(H,34,35,36);/q-1;/b4-3-,11-6-,33-24?;. The van der Waals surface area contributed by atoms with E-state index in [9.17, 15) is 18.0 Å². The molecule has 1 aromatic carbocycles. The summed E-state index contributed by atoms with van der Waals surface area (Å²) in [4.78, 5) is 29.4. The number of fused-ring (bicyclic) bond motifs is 1. The van der Waals surface area contributed by atoms with Crippen LogP contribution < -0.4 is 11.1 Å². The van der Waals surface area contributed by atoms with Crippen molar-refractivity contribution in [2.75, 3.05) is 17.6 Å². The number of aryl methyl sites for hydroxylation is 1. The maximum Gasteiger partial charge on any atom is 0.405 e. The summed E-state index contributed by atoms with van der Waals surface area (Å²) in [5.41, 5.74) is 7.27. The predicted octanol–water partition coefficient (Wildman–Crippen LogP) is 5.37. The molecule has 210 valence electrons. The minimum atomic E-state index is -4.51. The van der Waals surface area contributed by atoms with Gasteiger partial charge in [-0.3, -0.25) is 9.79 Å². The monoisotopic (exact) mass is 687 g/mol. The van der Waals surface area contributed by atoms with Crippen molar-refractivity contribution >= 4 is 23.1 Å². The van der Waals surface area contributed by atoms with Crippen molar-refractivity contribution in [3.05, 3.63) is 76.9 Å². The van der Waals surface area contributed by atoms with Gasteiger partial charge in [-0.2, -0.15) is 18.7 Å². The van der Waals surface area contributed by atoms with Gasteiger partial charge in [-0.15, -0.1) is 12.1 Å². The number of hydrogen-bond donors (Lipinski definition) is 2. The van der Waals surface area contributed by atoms with E-state index in [2.05, 4.69) is 26.4 Å². The Labute approximate surface area is 256 Å². The average molecular weight is 686 g/mol. The Morgan fingerprint density at radius 2 is 1.92 bits per heavy atom. The molecule has 0 bridgehead atoms. The van der Waals surface area contributed by atoms with Crippen LogP contribution in [0.2, 0.25) is 0 Å². The van der Waals surface area contributed by atoms with E-state index in [1.165, 1.54) is 6.07 Å². The van der Waals surface area contributed by atoms with Crippen LogP contribution in [0.1, 0.15) is 60.8 Å². The van der Waals surface area contributed by atoms with Crippen LogP contribution in [0.5, 0.6) is 0 Å². The summed E-state index contributed by atoms with van der Waals surface area (Å²) in [7, 11) is 0. The van der Waals surface area contributed by atoms with Crippen LogP contribution in [0.25, 0.3) is 0 Å². The minimum absolute atomic E-state index is 0. The number of allylic oxidation sites excluding steroid dienone is 3. The molecule has 0 spiro atoms. The van der Waals surface area contributed by atoms with Crippen LogP contribution in [0, 0.1) is 56.6 Å². The summed E-state index contributed by atoms with van der Waals surface area (Å²) in [5.74, 6) is 1.10. The second kappa shape index (κ2) is 11.5. The van der Waals surface area contributed by atoms with Gasteiger partial charge in [0, 0.05) is 74.2 Å². The molecule has 3 heterocycles. The zero-order chi connectivity index (χ0) is 27.1. The second-order valence-corrected chi connectivity index (χ2v) is 10.1. The van der Waals surface area contributed by atoms with Crippen LogP contribution in [-0.2, 0) is 23.9 Å². The second-order valence-electron chi connectivity index (χ2n) is 10.1. The molecule has 0 atom stereocenters. The minimum Gasteiger partial charge on any atom is -0.409 e. The Hall–Kier alpha value is -2.55. The first-order valence-electron chi connectivity index (χ1n) is 12.7. The summed E-state index contributed by atoms with van der Waals surface area (Å²) in [6.45, 7) is 4.31. The number of alkyl halides is 3. The first-order chi connectivity index (χ1) is 18.1. The van der Waals surface area contributed by atoms with E-state index in [-0.39, 0.29) is 49.8 Å². The number of nitrogens with one attached hydrogen (secondary N) is 1. The molecule has 1 aliphatic carbocycles. The number of rotatable bonds is 5. The van der Waals surface area contributed by atoms with Gasteiger partial charge in [0.2, 0.25) is 5.91 Å². The van der Waals surface area contributed by atoms with Crippen molar-refractivity contribution < 1.29 is 56.1 Å². The molecule has 5 rings (SSSR count). The molecule has 0 radical (unpaired) electrons. The van der Waals surface area contributed by atoms with Gasteiger partial charge in [-0.1, -0.05) is 31.2 Å². The number of nitrogen functional groups attached to an aromatic ring is 1. The van der Waals surface area contributed by atoms with E-state index in [1.807, 2.05) is 17.1 Å². The SMILES string of the molecule is Cc1nc2c(c(N[C-](C)c3cc(N)cc(C(F)(F)F)c3)n1)CN(C(=O)C1(C3=N/C=C\C=C/CC3)CC1)CC2.[Dy]. The third kappa shape index (κ3) is 6.28. The number of carbonyl (C=O) groups is 1. The van der Waals surface area contributed by atoms with Gasteiger partial charge >= 0.3 is 6.18 Å². The summed E-state index contributed by atoms with van der Waals surface area (Å²) in [6, 6.07) is 3.93. The van der Waals surface area contributed by atoms with Gasteiger partial charge in [0.1, 0.15) is 11.6 Å². The topological polar surface area (TPSA) is 96.5 Å². The summed E-state index contributed by atoms with van der Waals surface area (Å²) in [6.07, 6.45) is 6.89. The van der Waals surface area contributed by atoms with Crippen molar-refractivity contribution in [2.45, 2.75) is 58.7 Å². The fraction of sp³-hybridized carbons (Fsp3) is 0.393. The van der Waals surface area contributed by atoms with Crippen molar-refractivity contribution in [3.63, 3.8) is 0 Å². The van der Waals surface area contributed by atoms with Gasteiger partial charge in [0.05, 0.1) is 17.7 Å². The molecular weight excluding hydrogens is 656 g/mol. The molecule has 39 heavy (non-hydrogen) atoms. The zero-order valence-electron chi connectivity index (χ0n) is 21.7. The fourth-order valence-electron chi connectivity index (χ4n) is 5.15. The predicted molar refractivity (Wildman–Crippen MR) is 140 cm³/mol. The Balaban J connectivity index is 0.00000353. The number of amides is 1. The van der Waals surface area contributed by atoms with Crippen molar-refractivity contribution in [3.8, 4) is 0 Å². The van der Waals surface area contributed by atoms with Crippen LogP contribution in [0.15, 0.2) is 47.6 Å². The third-order valence-electron chi connectivity index (χ3n) is 7.30. The number of nitrogens with two attached hydrogens (primary N) is 1. The average Bonchev–Trinajstić information content (AvgIpc) is 3.64. The van der Waals surface area contributed by atoms with Crippen LogP contribution in [-0.4, -0.2) is 33.0 Å². The summed E-state index contributed by atoms with van der Waals surface area (Å²) in [5, 5.41) is 3.19. The number of carbonyl (C=O) groups excluding carboxylic acids is 1. The Morgan fingerprint density at radius 3 is 2.64 bits per heavy atom. The molecule has 1 amide bonds. The van der Waals surface area contributed by atoms with Crippen molar-refractivity contribution in [1.29, 1.82) is 0 Å². The van der Waals surface area contributed by atoms with Crippen molar-refractivity contribution in [2.24, 2.45) is 10.4 Å². The molecule has 0 saturated heterocycles. The smallest absolute Gasteiger partial charge is 0.405 e. The largest absolute Gasteiger partial charge is 0.409 e. The van der Waals surface area contributed by atoms with Gasteiger partial charge in [-0.25, -0.2) is 9.97 Å². The van der Waals surface area contributed by atoms with Gasteiger partial charge in [0.25, 0.3) is 0 Å². The van der Waals surface area contributed by atoms with E-state index in [4.69, 9.17) is 5.73 Å². The molecular formula is C28H30DyF3N6O-. The molecule has 1 saturated carbocycles. The quantitative estimate of drug-likeness (QED) is 0.326. The molecule has 1 fully saturated rings. The molecule has 1 aromatic heterocycles. The molecule has 2 aliphatic heterocycles. The molecule has 3 aliphatic rings. The summed E-state index contributed by atoms with van der Waals surface area (Å²) < 4.78 is 40.1. The number of halogens is 3. The molecule has 11 heteroatoms. The number of benzene rings is 1. The first kappa shape index (κ1) is 29.4. The van der Waals surface area contributed by atoms with E-state index in [0.29, 0.717) is 42.8 Å². The number of nitrogens with zero attached hydrogens (tertiary/aromatic N) is 4. The van der Waals surface area contributed by atoms with Crippen LogP contribution in [0.4, 0.5) is 24.7 Å². The van der Waals surface area contributed by atoms with Crippen molar-refractivity contribution in [1.82, 2.24) is 14.9 Å². The number of aliphatic imine (C=N–C) groups is 1. The number of hydrogen-bond acceptors (Lipinski definition) is 6. The van der Waals surface area contributed by atoms with Gasteiger partial charge in [-0.05, 0) is 44.4 Å². The molecule has 2 aromatic rings. The molecule has 0 unspecified atom stereocenters. The van der Waals surface area contributed by atoms with E-state index < -0.39 is 17.2 Å². The maximum atomic E-state index is 13.8. The zero-order valence-corrected chi connectivity index (χ0v) is 23.7. The van der Waals surface area contributed by atoms with E-state index in [1.54, 1.807) is 20.0 Å². The van der Waals surface area contributed by atoms with Gasteiger partial charge in [0.15, 0.2) is 0 Å². The third-order valence-corrected chi connectivity index (χ3v) is 7.30. The van der Waals surface area contributed by atoms with E-state index >= 15 is 0 Å². The Kier molecular flexibility index (Phi) is 8.69. The van der Waals surface area contributed by atoms with Gasteiger partial charge < -0.3 is 16.0 Å². The first-order valence-corrected chi connectivity index (χ1v) is 12.7. The molecule has 3 N–H and O–H groups in total.